The van der Waals surface area contributed by atoms with Crippen LogP contribution in [0.3, 0.4) is 0 Å². The van der Waals surface area contributed by atoms with Crippen LogP contribution in [-0.2, 0) is 7.05 Å². The van der Waals surface area contributed by atoms with Gasteiger partial charge in [0.15, 0.2) is 5.65 Å². The van der Waals surface area contributed by atoms with Gasteiger partial charge in [-0.3, -0.25) is 4.57 Å². The number of hydrogen-bond donors (Lipinski definition) is 1. The summed E-state index contributed by atoms with van der Waals surface area (Å²) in [7, 11) is 3.39. The maximum Gasteiger partial charge on any atom is 0.207 e. The van der Waals surface area contributed by atoms with Crippen molar-refractivity contribution in [2.45, 2.75) is 6.92 Å². The monoisotopic (exact) mass is 282 g/mol. The normalized spacial score (nSPS) is 10.8. The molecule has 21 heavy (non-hydrogen) atoms. The summed E-state index contributed by atoms with van der Waals surface area (Å²) in [5.41, 5.74) is 9.64. The lowest BCUT2D eigenvalue weighted by Crippen LogP contribution is -2.06. The molecule has 0 bridgehead atoms. The average molecular weight is 282 g/mol. The second-order valence-electron chi connectivity index (χ2n) is 4.69. The van der Waals surface area contributed by atoms with Gasteiger partial charge in [-0.25, -0.2) is 9.67 Å². The average Bonchev–Trinajstić information content (AvgIpc) is 2.96. The van der Waals surface area contributed by atoms with Gasteiger partial charge in [-0.2, -0.15) is 10.4 Å². The topological polar surface area (TPSA) is 94.7 Å². The molecule has 0 fully saturated rings. The van der Waals surface area contributed by atoms with Crippen LogP contribution >= 0.6 is 0 Å². The van der Waals surface area contributed by atoms with Crippen LogP contribution in [0.2, 0.25) is 0 Å². The standard InChI is InChI=1S/C14H14N6O/c1-8-12-13(19(2)18-8)20(14(16)17-12)10-5-4-9(7-15)6-11(10)21-3/h4-6H,1-3H3,(H2,16,17). The lowest BCUT2D eigenvalue weighted by molar-refractivity contribution is 0.413. The number of imidazole rings is 1. The summed E-state index contributed by atoms with van der Waals surface area (Å²) in [6, 6.07) is 7.26. The third kappa shape index (κ3) is 1.80. The van der Waals surface area contributed by atoms with E-state index in [2.05, 4.69) is 16.2 Å². The van der Waals surface area contributed by atoms with Gasteiger partial charge < -0.3 is 10.5 Å². The molecule has 0 spiro atoms. The fraction of sp³-hybridized carbons (Fsp3) is 0.214. The predicted octanol–water partition coefficient (Wildman–Crippen LogP) is 1.53. The van der Waals surface area contributed by atoms with E-state index in [4.69, 9.17) is 15.7 Å². The van der Waals surface area contributed by atoms with Crippen molar-refractivity contribution in [1.82, 2.24) is 19.3 Å². The van der Waals surface area contributed by atoms with Crippen LogP contribution in [0.15, 0.2) is 18.2 Å². The first kappa shape index (κ1) is 13.0. The number of benzene rings is 1. The van der Waals surface area contributed by atoms with Gasteiger partial charge in [-0.15, -0.1) is 0 Å². The molecule has 106 valence electrons. The quantitative estimate of drug-likeness (QED) is 0.769. The fourth-order valence-corrected chi connectivity index (χ4v) is 2.46. The van der Waals surface area contributed by atoms with Crippen LogP contribution in [0.25, 0.3) is 16.9 Å². The third-order valence-electron chi connectivity index (χ3n) is 3.38. The molecule has 0 aliphatic heterocycles. The van der Waals surface area contributed by atoms with Gasteiger partial charge in [0, 0.05) is 13.1 Å². The number of aryl methyl sites for hydroxylation is 2. The second kappa shape index (κ2) is 4.52. The van der Waals surface area contributed by atoms with Gasteiger partial charge in [0.1, 0.15) is 11.3 Å². The van der Waals surface area contributed by atoms with Gasteiger partial charge in [-0.05, 0) is 19.1 Å². The predicted molar refractivity (Wildman–Crippen MR) is 78.3 cm³/mol. The summed E-state index contributed by atoms with van der Waals surface area (Å²) in [6.07, 6.45) is 0. The Balaban J connectivity index is 2.35. The number of nitrogens with two attached hydrogens (primary N) is 1. The maximum atomic E-state index is 8.99. The highest BCUT2D eigenvalue weighted by atomic mass is 16.5. The van der Waals surface area contributed by atoms with Crippen LogP contribution in [-0.4, -0.2) is 26.4 Å². The zero-order valence-corrected chi connectivity index (χ0v) is 12.0. The summed E-state index contributed by atoms with van der Waals surface area (Å²) in [6.45, 7) is 1.88. The van der Waals surface area contributed by atoms with Crippen LogP contribution in [0, 0.1) is 18.3 Å². The van der Waals surface area contributed by atoms with Crippen molar-refractivity contribution in [3.8, 4) is 17.5 Å². The number of nitriles is 1. The highest BCUT2D eigenvalue weighted by Crippen LogP contribution is 2.31. The van der Waals surface area contributed by atoms with Crippen LogP contribution < -0.4 is 10.5 Å². The fourth-order valence-electron chi connectivity index (χ4n) is 2.46. The Morgan fingerprint density at radius 1 is 1.38 bits per heavy atom. The van der Waals surface area contributed by atoms with Gasteiger partial charge in [0.25, 0.3) is 0 Å². The Morgan fingerprint density at radius 3 is 2.81 bits per heavy atom. The highest BCUT2D eigenvalue weighted by Gasteiger charge is 2.19. The number of fused-ring (bicyclic) bond motifs is 1. The molecular formula is C14H14N6O. The molecular weight excluding hydrogens is 268 g/mol. The Morgan fingerprint density at radius 2 is 2.14 bits per heavy atom. The number of rotatable bonds is 2. The van der Waals surface area contributed by atoms with Crippen LogP contribution in [0.1, 0.15) is 11.3 Å². The molecule has 0 unspecified atom stereocenters. The zero-order chi connectivity index (χ0) is 15.1. The number of methoxy groups -OCH3 is 1. The first-order valence-corrected chi connectivity index (χ1v) is 6.33. The van der Waals surface area contributed by atoms with E-state index >= 15 is 0 Å². The van der Waals surface area contributed by atoms with Gasteiger partial charge >= 0.3 is 0 Å². The number of aromatic nitrogens is 4. The lowest BCUT2D eigenvalue weighted by atomic mass is 10.2. The molecule has 0 aliphatic rings. The van der Waals surface area contributed by atoms with Crippen molar-refractivity contribution < 1.29 is 4.74 Å². The van der Waals surface area contributed by atoms with Crippen LogP contribution in [0.5, 0.6) is 5.75 Å². The zero-order valence-electron chi connectivity index (χ0n) is 12.0. The van der Waals surface area contributed by atoms with E-state index in [1.54, 1.807) is 34.6 Å². The van der Waals surface area contributed by atoms with E-state index in [9.17, 15) is 0 Å². The molecule has 3 aromatic rings. The molecule has 7 nitrogen and oxygen atoms in total. The molecule has 0 radical (unpaired) electrons. The number of hydrogen-bond acceptors (Lipinski definition) is 5. The summed E-state index contributed by atoms with van der Waals surface area (Å²) < 4.78 is 8.88. The molecule has 1 aromatic carbocycles. The molecule has 0 atom stereocenters. The summed E-state index contributed by atoms with van der Waals surface area (Å²) in [5, 5.41) is 13.3. The minimum atomic E-state index is 0.351. The largest absolute Gasteiger partial charge is 0.495 e. The first-order valence-electron chi connectivity index (χ1n) is 6.33. The Kier molecular flexibility index (Phi) is 2.80. The van der Waals surface area contributed by atoms with E-state index < -0.39 is 0 Å². The van der Waals surface area contributed by atoms with Crippen molar-refractivity contribution >= 4 is 17.1 Å². The smallest absolute Gasteiger partial charge is 0.207 e. The lowest BCUT2D eigenvalue weighted by Gasteiger charge is -2.12. The number of anilines is 1. The molecule has 0 saturated heterocycles. The number of nitrogens with zero attached hydrogens (tertiary/aromatic N) is 5. The Labute approximate surface area is 121 Å². The van der Waals surface area contributed by atoms with E-state index in [0.717, 1.165) is 22.5 Å². The molecule has 2 aromatic heterocycles. The van der Waals surface area contributed by atoms with Crippen molar-refractivity contribution in [3.63, 3.8) is 0 Å². The van der Waals surface area contributed by atoms with E-state index in [0.29, 0.717) is 17.3 Å². The van der Waals surface area contributed by atoms with Crippen molar-refractivity contribution in [2.24, 2.45) is 7.05 Å². The van der Waals surface area contributed by atoms with Crippen molar-refractivity contribution in [1.29, 1.82) is 5.26 Å². The third-order valence-corrected chi connectivity index (χ3v) is 3.38. The minimum Gasteiger partial charge on any atom is -0.495 e. The SMILES string of the molecule is COc1cc(C#N)ccc1-n1c(N)nc2c(C)nn(C)c21. The van der Waals surface area contributed by atoms with Gasteiger partial charge in [-0.1, -0.05) is 0 Å². The molecule has 3 rings (SSSR count). The van der Waals surface area contributed by atoms with Crippen molar-refractivity contribution in [2.75, 3.05) is 12.8 Å². The van der Waals surface area contributed by atoms with E-state index in [-0.39, 0.29) is 0 Å². The highest BCUT2D eigenvalue weighted by molar-refractivity contribution is 5.80. The Bertz CT molecular complexity index is 883. The molecule has 2 N–H and O–H groups in total. The molecule has 0 aliphatic carbocycles. The second-order valence-corrected chi connectivity index (χ2v) is 4.69. The van der Waals surface area contributed by atoms with Gasteiger partial charge in [0.05, 0.1) is 30.1 Å². The Hall–Kier alpha value is -3.01. The molecule has 0 amide bonds. The van der Waals surface area contributed by atoms with Crippen LogP contribution in [0.4, 0.5) is 5.95 Å². The van der Waals surface area contributed by atoms with E-state index in [1.165, 1.54) is 0 Å². The van der Waals surface area contributed by atoms with Crippen molar-refractivity contribution in [3.05, 3.63) is 29.5 Å². The first-order chi connectivity index (χ1) is 10.1. The summed E-state index contributed by atoms with van der Waals surface area (Å²) >= 11 is 0. The molecule has 2 heterocycles. The van der Waals surface area contributed by atoms with E-state index in [1.807, 2.05) is 14.0 Å². The minimum absolute atomic E-state index is 0.351. The number of ether oxygens (including phenoxy) is 1. The molecule has 0 saturated carbocycles. The maximum absolute atomic E-state index is 8.99. The summed E-state index contributed by atoms with van der Waals surface area (Å²) in [5.74, 6) is 0.906. The molecule has 7 heteroatoms. The number of nitrogen functional groups attached to an aromatic ring is 1. The van der Waals surface area contributed by atoms with Gasteiger partial charge in [0.2, 0.25) is 5.95 Å². The summed E-state index contributed by atoms with van der Waals surface area (Å²) in [4.78, 5) is 4.36.